The van der Waals surface area contributed by atoms with Crippen molar-refractivity contribution in [1.82, 2.24) is 0 Å². The van der Waals surface area contributed by atoms with Gasteiger partial charge < -0.3 is 0 Å². The second-order valence-corrected chi connectivity index (χ2v) is 8.12. The van der Waals surface area contributed by atoms with Crippen LogP contribution in [0, 0.1) is 0 Å². The van der Waals surface area contributed by atoms with Gasteiger partial charge in [0.05, 0.1) is 0 Å². The molecule has 0 heterocycles. The van der Waals surface area contributed by atoms with E-state index in [1.165, 1.54) is 55.0 Å². The van der Waals surface area contributed by atoms with Crippen molar-refractivity contribution in [2.75, 3.05) is 0 Å². The Labute approximate surface area is 137 Å². The third-order valence-electron chi connectivity index (χ3n) is 3.49. The minimum absolute atomic E-state index is 0.461. The van der Waals surface area contributed by atoms with E-state index in [0.717, 1.165) is 6.42 Å². The first kappa shape index (κ1) is 18.3. The Morgan fingerprint density at radius 3 is 2.19 bits per heavy atom. The van der Waals surface area contributed by atoms with Crippen LogP contribution < -0.4 is 4.46 Å². The summed E-state index contributed by atoms with van der Waals surface area (Å²) in [4.78, 5) is 0. The molecule has 0 atom stereocenters. The predicted octanol–water partition coefficient (Wildman–Crippen LogP) is 5.62. The van der Waals surface area contributed by atoms with Crippen molar-refractivity contribution in [3.8, 4) is 0 Å². The second kappa shape index (κ2) is 11.8. The Kier molecular flexibility index (Phi) is 10.3. The van der Waals surface area contributed by atoms with Crippen molar-refractivity contribution in [3.05, 3.63) is 53.0 Å². The predicted molar refractivity (Wildman–Crippen MR) is 97.3 cm³/mol. The Balaban J connectivity index is 2.60. The molecule has 0 radical (unpaired) electrons. The Morgan fingerprint density at radius 1 is 0.952 bits per heavy atom. The van der Waals surface area contributed by atoms with Crippen LogP contribution in [0.1, 0.15) is 65.2 Å². The van der Waals surface area contributed by atoms with E-state index in [1.807, 2.05) is 0 Å². The summed E-state index contributed by atoms with van der Waals surface area (Å²) in [6, 6.07) is 10.9. The molecular weight excluding hydrogens is 319 g/mol. The molecule has 0 bridgehead atoms. The van der Waals surface area contributed by atoms with Crippen LogP contribution in [0.25, 0.3) is 0 Å². The molecule has 21 heavy (non-hydrogen) atoms. The van der Waals surface area contributed by atoms with Gasteiger partial charge in [0.2, 0.25) is 0 Å². The molecule has 0 saturated carbocycles. The fourth-order valence-corrected chi connectivity index (χ4v) is 4.48. The third-order valence-corrected chi connectivity index (χ3v) is 5.78. The van der Waals surface area contributed by atoms with Crippen LogP contribution in [0.4, 0.5) is 0 Å². The van der Waals surface area contributed by atoms with E-state index in [-0.39, 0.29) is 0 Å². The molecule has 0 aliphatic heterocycles. The van der Waals surface area contributed by atoms with Gasteiger partial charge in [0.15, 0.2) is 0 Å². The molecule has 0 nitrogen and oxygen atoms in total. The fourth-order valence-electron chi connectivity index (χ4n) is 2.24. The minimum atomic E-state index is 0.461. The summed E-state index contributed by atoms with van der Waals surface area (Å²) in [5.41, 5.74) is 1.33. The molecule has 0 aromatic heterocycles. The van der Waals surface area contributed by atoms with E-state index in [9.17, 15) is 0 Å². The van der Waals surface area contributed by atoms with Crippen molar-refractivity contribution in [3.63, 3.8) is 0 Å². The van der Waals surface area contributed by atoms with Crippen molar-refractivity contribution >= 4 is 19.4 Å². The summed E-state index contributed by atoms with van der Waals surface area (Å²) in [5.74, 6) is 0. The molecule has 0 fully saturated rings. The molecule has 0 aliphatic carbocycles. The zero-order valence-corrected chi connectivity index (χ0v) is 15.4. The van der Waals surface area contributed by atoms with E-state index in [4.69, 9.17) is 0 Å². The summed E-state index contributed by atoms with van der Waals surface area (Å²) in [6.45, 7) is 8.80. The van der Waals surface area contributed by atoms with Gasteiger partial charge in [0.25, 0.3) is 0 Å². The number of benzene rings is 1. The van der Waals surface area contributed by atoms with Crippen molar-refractivity contribution in [2.45, 2.75) is 65.2 Å². The molecule has 0 saturated heterocycles. The van der Waals surface area contributed by atoms with Crippen LogP contribution in [-0.4, -0.2) is 15.0 Å². The first-order chi connectivity index (χ1) is 10.3. The van der Waals surface area contributed by atoms with Crippen LogP contribution in [0.3, 0.4) is 0 Å². The quantitative estimate of drug-likeness (QED) is 0.276. The van der Waals surface area contributed by atoms with E-state index < -0.39 is 0 Å². The summed E-state index contributed by atoms with van der Waals surface area (Å²) in [5, 5.41) is 0. The monoisotopic (exact) mass is 350 g/mol. The van der Waals surface area contributed by atoms with Gasteiger partial charge in [-0.1, -0.05) is 0 Å². The molecule has 0 N–H and O–H groups in total. The van der Waals surface area contributed by atoms with Gasteiger partial charge in [0, 0.05) is 0 Å². The number of rotatable bonds is 11. The van der Waals surface area contributed by atoms with Gasteiger partial charge in [-0.3, -0.25) is 0 Å². The average Bonchev–Trinajstić information content (AvgIpc) is 2.48. The first-order valence-corrected chi connectivity index (χ1v) is 10.1. The van der Waals surface area contributed by atoms with Gasteiger partial charge in [-0.2, -0.15) is 0 Å². The summed E-state index contributed by atoms with van der Waals surface area (Å²) in [7, 11) is 0. The summed E-state index contributed by atoms with van der Waals surface area (Å²) >= 11 is 0.461. The van der Waals surface area contributed by atoms with Gasteiger partial charge in [-0.15, -0.1) is 0 Å². The number of allylic oxidation sites excluding steroid dienone is 3. The van der Waals surface area contributed by atoms with Gasteiger partial charge >= 0.3 is 138 Å². The molecule has 0 amide bonds. The Bertz CT molecular complexity index is 417. The molecule has 1 heteroatoms. The van der Waals surface area contributed by atoms with Crippen LogP contribution in [0.15, 0.2) is 53.0 Å². The molecule has 0 aliphatic rings. The zero-order valence-electron chi connectivity index (χ0n) is 13.7. The summed E-state index contributed by atoms with van der Waals surface area (Å²) in [6.07, 6.45) is 12.7. The fraction of sp³-hybridized carbons (Fsp3) is 0.500. The molecule has 0 spiro atoms. The second-order valence-electron chi connectivity index (χ2n) is 5.60. The normalized spacial score (nSPS) is 11.6. The number of hydrogen-bond acceptors (Lipinski definition) is 0. The van der Waals surface area contributed by atoms with Gasteiger partial charge in [-0.25, -0.2) is 0 Å². The Morgan fingerprint density at radius 2 is 1.57 bits per heavy atom. The van der Waals surface area contributed by atoms with E-state index >= 15 is 0 Å². The number of hydrogen-bond donors (Lipinski definition) is 0. The molecule has 0 unspecified atom stereocenters. The maximum absolute atomic E-state index is 4.27. The van der Waals surface area contributed by atoms with Crippen molar-refractivity contribution < 1.29 is 0 Å². The summed E-state index contributed by atoms with van der Waals surface area (Å²) < 4.78 is 3.10. The molecule has 1 aromatic carbocycles. The van der Waals surface area contributed by atoms with E-state index in [2.05, 4.69) is 56.8 Å². The standard InChI is InChI=1S/C20H30Se/c1-4-6-9-13-18(3)17-20(16-10-7-5-2)21-19-14-11-8-12-15-19/h8,11-12,14-15,17H,3-7,9-10,13,16H2,1-2H3/b20-17-. The average molecular weight is 349 g/mol. The molecule has 1 rings (SSSR count). The van der Waals surface area contributed by atoms with Crippen molar-refractivity contribution in [1.29, 1.82) is 0 Å². The van der Waals surface area contributed by atoms with Crippen LogP contribution >= 0.6 is 0 Å². The molecule has 116 valence electrons. The van der Waals surface area contributed by atoms with Crippen LogP contribution in [-0.2, 0) is 0 Å². The topological polar surface area (TPSA) is 0 Å². The van der Waals surface area contributed by atoms with Gasteiger partial charge in [-0.05, 0) is 0 Å². The molecular formula is C20H30Se. The Hall–Kier alpha value is -0.781. The first-order valence-electron chi connectivity index (χ1n) is 8.37. The SMILES string of the molecule is C=C(/C=C(/CCCCC)[Se]c1ccccc1)CCCCC. The third kappa shape index (κ3) is 8.96. The molecule has 1 aromatic rings. The van der Waals surface area contributed by atoms with Crippen molar-refractivity contribution in [2.24, 2.45) is 0 Å². The zero-order chi connectivity index (χ0) is 15.3. The maximum atomic E-state index is 4.27. The number of unbranched alkanes of at least 4 members (excludes halogenated alkanes) is 4. The van der Waals surface area contributed by atoms with Crippen LogP contribution in [0.5, 0.6) is 0 Å². The van der Waals surface area contributed by atoms with Crippen LogP contribution in [0.2, 0.25) is 0 Å². The van der Waals surface area contributed by atoms with Gasteiger partial charge in [0.1, 0.15) is 0 Å². The van der Waals surface area contributed by atoms with E-state index in [0.29, 0.717) is 15.0 Å². The van der Waals surface area contributed by atoms with E-state index in [1.54, 1.807) is 4.47 Å².